The topological polar surface area (TPSA) is 58.4 Å². The third-order valence-corrected chi connectivity index (χ3v) is 2.38. The Kier molecular flexibility index (Phi) is 1.58. The molecule has 0 aromatic heterocycles. The first-order valence-corrected chi connectivity index (χ1v) is 4.02. The Hall–Kier alpha value is -0.610. The second kappa shape index (κ2) is 2.46. The molecule has 1 unspecified atom stereocenters. The van der Waals surface area contributed by atoms with Crippen LogP contribution in [0.25, 0.3) is 0 Å². The van der Waals surface area contributed by atoms with Gasteiger partial charge in [0.05, 0.1) is 6.54 Å². The Morgan fingerprint density at radius 3 is 3.18 bits per heavy atom. The molecule has 0 aromatic rings. The molecule has 2 rings (SSSR count). The van der Waals surface area contributed by atoms with Crippen LogP contribution in [-0.2, 0) is 4.79 Å². The van der Waals surface area contributed by atoms with Crippen molar-refractivity contribution < 1.29 is 4.79 Å². The van der Waals surface area contributed by atoms with Gasteiger partial charge < -0.3 is 16.0 Å². The zero-order valence-electron chi connectivity index (χ0n) is 6.42. The minimum Gasteiger partial charge on any atom is -0.338 e. The zero-order valence-corrected chi connectivity index (χ0v) is 6.42. The first-order valence-electron chi connectivity index (χ1n) is 4.02. The highest BCUT2D eigenvalue weighted by molar-refractivity contribution is 5.79. The normalized spacial score (nSPS) is 37.5. The van der Waals surface area contributed by atoms with Crippen molar-refractivity contribution in [3.8, 4) is 0 Å². The summed E-state index contributed by atoms with van der Waals surface area (Å²) in [4.78, 5) is 13.0. The summed E-state index contributed by atoms with van der Waals surface area (Å²) in [6.07, 6.45) is 1.00. The van der Waals surface area contributed by atoms with Gasteiger partial charge in [0.25, 0.3) is 0 Å². The van der Waals surface area contributed by atoms with Crippen LogP contribution in [0.4, 0.5) is 0 Å². The van der Waals surface area contributed by atoms with E-state index in [0.717, 1.165) is 19.5 Å². The maximum absolute atomic E-state index is 11.2. The number of nitrogens with zero attached hydrogens (tertiary/aromatic N) is 1. The fourth-order valence-corrected chi connectivity index (χ4v) is 1.83. The lowest BCUT2D eigenvalue weighted by Crippen LogP contribution is -2.62. The number of nitrogens with one attached hydrogen (secondary N) is 1. The second-order valence-corrected chi connectivity index (χ2v) is 3.37. The third kappa shape index (κ3) is 1.23. The molecule has 2 aliphatic heterocycles. The summed E-state index contributed by atoms with van der Waals surface area (Å²) in [6, 6.07) is 0.613. The van der Waals surface area contributed by atoms with Gasteiger partial charge in [-0.15, -0.1) is 0 Å². The highest BCUT2D eigenvalue weighted by atomic mass is 16.2. The van der Waals surface area contributed by atoms with Gasteiger partial charge in [-0.1, -0.05) is 0 Å². The van der Waals surface area contributed by atoms with E-state index in [4.69, 9.17) is 5.73 Å². The van der Waals surface area contributed by atoms with Gasteiger partial charge in [0.1, 0.15) is 0 Å². The van der Waals surface area contributed by atoms with Crippen molar-refractivity contribution in [2.45, 2.75) is 18.5 Å². The number of carbonyl (C=O) groups excluding carboxylic acids is 1. The highest BCUT2D eigenvalue weighted by Crippen LogP contribution is 2.12. The summed E-state index contributed by atoms with van der Waals surface area (Å²) in [7, 11) is 0. The van der Waals surface area contributed by atoms with Gasteiger partial charge in [-0.2, -0.15) is 0 Å². The van der Waals surface area contributed by atoms with Gasteiger partial charge in [-0.25, -0.2) is 0 Å². The van der Waals surface area contributed by atoms with Gasteiger partial charge in [0.15, 0.2) is 0 Å². The van der Waals surface area contributed by atoms with Crippen molar-refractivity contribution >= 4 is 5.91 Å². The minimum atomic E-state index is 0.172. The van der Waals surface area contributed by atoms with E-state index >= 15 is 0 Å². The molecule has 0 radical (unpaired) electrons. The van der Waals surface area contributed by atoms with Crippen molar-refractivity contribution in [1.29, 1.82) is 0 Å². The van der Waals surface area contributed by atoms with E-state index in [1.165, 1.54) is 0 Å². The molecule has 4 nitrogen and oxygen atoms in total. The Bertz CT molecular complexity index is 181. The van der Waals surface area contributed by atoms with Crippen molar-refractivity contribution in [2.24, 2.45) is 5.73 Å². The molecule has 2 aliphatic rings. The molecule has 2 fully saturated rings. The number of rotatable bonds is 0. The lowest BCUT2D eigenvalue weighted by atomic mass is 9.99. The van der Waals surface area contributed by atoms with Gasteiger partial charge in [0.2, 0.25) is 5.91 Å². The molecular weight excluding hydrogens is 142 g/mol. The molecule has 0 aliphatic carbocycles. The van der Waals surface area contributed by atoms with Gasteiger partial charge in [-0.05, 0) is 6.42 Å². The summed E-state index contributed by atoms with van der Waals surface area (Å²) < 4.78 is 0. The van der Waals surface area contributed by atoms with Crippen LogP contribution < -0.4 is 11.1 Å². The quantitative estimate of drug-likeness (QED) is 0.448. The molecule has 11 heavy (non-hydrogen) atoms. The first kappa shape index (κ1) is 7.06. The number of amides is 1. The van der Waals surface area contributed by atoms with Crippen LogP contribution >= 0.6 is 0 Å². The number of hydrogen-bond acceptors (Lipinski definition) is 3. The standard InChI is InChI=1S/C7H13N3O/c8-5-1-6-4-10(3-5)7(11)2-9-6/h5-6,9H,1-4,8H2/t5?,6-/m1/s1. The number of fused-ring (bicyclic) bond motifs is 2. The van der Waals surface area contributed by atoms with Crippen molar-refractivity contribution in [2.75, 3.05) is 19.6 Å². The van der Waals surface area contributed by atoms with Crippen molar-refractivity contribution in [1.82, 2.24) is 10.2 Å². The molecule has 0 saturated carbocycles. The van der Waals surface area contributed by atoms with Crippen LogP contribution in [0, 0.1) is 0 Å². The molecule has 0 spiro atoms. The summed E-state index contributed by atoms with van der Waals surface area (Å²) >= 11 is 0. The first-order chi connectivity index (χ1) is 5.25. The SMILES string of the molecule is NC1C[C@@H]2CN(C1)C(=O)CN2. The average molecular weight is 155 g/mol. The number of piperidine rings is 1. The van der Waals surface area contributed by atoms with E-state index in [9.17, 15) is 4.79 Å². The van der Waals surface area contributed by atoms with Crippen molar-refractivity contribution in [3.63, 3.8) is 0 Å². The van der Waals surface area contributed by atoms with E-state index in [1.54, 1.807) is 0 Å². The molecule has 2 heterocycles. The van der Waals surface area contributed by atoms with Crippen LogP contribution in [0.3, 0.4) is 0 Å². The fourth-order valence-electron chi connectivity index (χ4n) is 1.83. The number of nitrogens with two attached hydrogens (primary N) is 1. The largest absolute Gasteiger partial charge is 0.338 e. The Labute approximate surface area is 65.7 Å². The van der Waals surface area contributed by atoms with Crippen LogP contribution in [0.15, 0.2) is 0 Å². The maximum Gasteiger partial charge on any atom is 0.236 e. The van der Waals surface area contributed by atoms with Crippen LogP contribution in [0.1, 0.15) is 6.42 Å². The Balaban J connectivity index is 2.08. The van der Waals surface area contributed by atoms with Gasteiger partial charge in [0, 0.05) is 25.2 Å². The van der Waals surface area contributed by atoms with E-state index in [1.807, 2.05) is 4.90 Å². The molecule has 2 bridgehead atoms. The average Bonchev–Trinajstić information content (AvgIpc) is 1.97. The molecule has 3 N–H and O–H groups in total. The second-order valence-electron chi connectivity index (χ2n) is 3.37. The van der Waals surface area contributed by atoms with E-state index < -0.39 is 0 Å². The Morgan fingerprint density at radius 1 is 1.55 bits per heavy atom. The van der Waals surface area contributed by atoms with Crippen LogP contribution in [-0.4, -0.2) is 42.5 Å². The summed E-state index contributed by atoms with van der Waals surface area (Å²) in [5, 5.41) is 3.16. The lowest BCUT2D eigenvalue weighted by Gasteiger charge is -2.40. The monoisotopic (exact) mass is 155 g/mol. The lowest BCUT2D eigenvalue weighted by molar-refractivity contribution is -0.134. The smallest absolute Gasteiger partial charge is 0.236 e. The molecule has 2 atom stereocenters. The molecular formula is C7H13N3O. The highest BCUT2D eigenvalue weighted by Gasteiger charge is 2.31. The van der Waals surface area contributed by atoms with Gasteiger partial charge >= 0.3 is 0 Å². The van der Waals surface area contributed by atoms with E-state index in [2.05, 4.69) is 5.32 Å². The van der Waals surface area contributed by atoms with E-state index in [0.29, 0.717) is 12.6 Å². The zero-order chi connectivity index (χ0) is 7.84. The van der Waals surface area contributed by atoms with Crippen LogP contribution in [0.5, 0.6) is 0 Å². The van der Waals surface area contributed by atoms with Gasteiger partial charge in [-0.3, -0.25) is 4.79 Å². The maximum atomic E-state index is 11.2. The molecule has 2 saturated heterocycles. The summed E-state index contributed by atoms with van der Waals surface area (Å²) in [5.41, 5.74) is 5.75. The predicted molar refractivity (Wildman–Crippen MR) is 41.0 cm³/mol. The van der Waals surface area contributed by atoms with Crippen LogP contribution in [0.2, 0.25) is 0 Å². The molecule has 4 heteroatoms. The number of carbonyl (C=O) groups is 1. The molecule has 0 aromatic carbocycles. The predicted octanol–water partition coefficient (Wildman–Crippen LogP) is -1.48. The fraction of sp³-hybridized carbons (Fsp3) is 0.857. The van der Waals surface area contributed by atoms with E-state index in [-0.39, 0.29) is 11.9 Å². The molecule has 1 amide bonds. The van der Waals surface area contributed by atoms with Crippen molar-refractivity contribution in [3.05, 3.63) is 0 Å². The summed E-state index contributed by atoms with van der Waals surface area (Å²) in [5.74, 6) is 0.191. The number of piperazine rings is 1. The molecule has 62 valence electrons. The minimum absolute atomic E-state index is 0.172. The number of hydrogen-bond donors (Lipinski definition) is 2. The Morgan fingerprint density at radius 2 is 2.36 bits per heavy atom. The third-order valence-electron chi connectivity index (χ3n) is 2.38. The summed E-state index contributed by atoms with van der Waals surface area (Å²) in [6.45, 7) is 2.10.